The number of benzene rings is 2. The summed E-state index contributed by atoms with van der Waals surface area (Å²) in [6.45, 7) is 0. The standard InChI is InChI=1S/C17H15Cl2NO/c18-13-6-4-11(5-7-13)8-17(21)20-16-10-15(16)12-2-1-3-14(19)9-12/h1-7,9,15-16H,8,10H2,(H,20,21)/t15-,16+/m0/s1. The summed E-state index contributed by atoms with van der Waals surface area (Å²) in [5.41, 5.74) is 2.16. The van der Waals surface area contributed by atoms with Crippen LogP contribution in [0.2, 0.25) is 10.0 Å². The number of amides is 1. The first-order valence-electron chi connectivity index (χ1n) is 6.91. The van der Waals surface area contributed by atoms with Gasteiger partial charge in [-0.15, -0.1) is 0 Å². The highest BCUT2D eigenvalue weighted by Crippen LogP contribution is 2.41. The van der Waals surface area contributed by atoms with E-state index in [1.807, 2.05) is 30.3 Å². The molecule has 0 heterocycles. The van der Waals surface area contributed by atoms with E-state index in [-0.39, 0.29) is 11.9 Å². The summed E-state index contributed by atoms with van der Waals surface area (Å²) in [6, 6.07) is 15.4. The Kier molecular flexibility index (Phi) is 4.18. The van der Waals surface area contributed by atoms with Crippen LogP contribution in [-0.4, -0.2) is 11.9 Å². The normalized spacial score (nSPS) is 20.1. The second-order valence-corrected chi connectivity index (χ2v) is 6.25. The fourth-order valence-electron chi connectivity index (χ4n) is 2.51. The predicted molar refractivity (Wildman–Crippen MR) is 85.9 cm³/mol. The number of carbonyl (C=O) groups is 1. The molecule has 0 bridgehead atoms. The molecular formula is C17H15Cl2NO. The van der Waals surface area contributed by atoms with Crippen molar-refractivity contribution < 1.29 is 4.79 Å². The molecule has 2 aromatic carbocycles. The Morgan fingerprint density at radius 1 is 1.10 bits per heavy atom. The van der Waals surface area contributed by atoms with Gasteiger partial charge in [-0.1, -0.05) is 47.5 Å². The Morgan fingerprint density at radius 2 is 1.86 bits per heavy atom. The number of nitrogens with one attached hydrogen (secondary N) is 1. The topological polar surface area (TPSA) is 29.1 Å². The molecule has 0 saturated heterocycles. The first kappa shape index (κ1) is 14.4. The lowest BCUT2D eigenvalue weighted by Crippen LogP contribution is -2.28. The van der Waals surface area contributed by atoms with E-state index < -0.39 is 0 Å². The second-order valence-electron chi connectivity index (χ2n) is 5.37. The maximum atomic E-state index is 12.0. The van der Waals surface area contributed by atoms with Gasteiger partial charge in [0.15, 0.2) is 0 Å². The summed E-state index contributed by atoms with van der Waals surface area (Å²) in [5.74, 6) is 0.435. The summed E-state index contributed by atoms with van der Waals surface area (Å²) in [7, 11) is 0. The maximum Gasteiger partial charge on any atom is 0.224 e. The fourth-order valence-corrected chi connectivity index (χ4v) is 2.83. The van der Waals surface area contributed by atoms with Gasteiger partial charge in [0.25, 0.3) is 0 Å². The molecule has 1 aliphatic rings. The Bertz CT molecular complexity index is 654. The summed E-state index contributed by atoms with van der Waals surface area (Å²) < 4.78 is 0. The summed E-state index contributed by atoms with van der Waals surface area (Å²) in [4.78, 5) is 12.0. The minimum atomic E-state index is 0.0480. The molecule has 3 rings (SSSR count). The van der Waals surface area contributed by atoms with Crippen molar-refractivity contribution in [3.05, 3.63) is 69.7 Å². The highest BCUT2D eigenvalue weighted by Gasteiger charge is 2.39. The highest BCUT2D eigenvalue weighted by molar-refractivity contribution is 6.30. The number of carbonyl (C=O) groups excluding carboxylic acids is 1. The van der Waals surface area contributed by atoms with Gasteiger partial charge in [0.1, 0.15) is 0 Å². The van der Waals surface area contributed by atoms with Crippen LogP contribution in [0.3, 0.4) is 0 Å². The Balaban J connectivity index is 1.54. The van der Waals surface area contributed by atoms with Crippen LogP contribution in [0.25, 0.3) is 0 Å². The van der Waals surface area contributed by atoms with Crippen LogP contribution < -0.4 is 5.32 Å². The van der Waals surface area contributed by atoms with Crippen LogP contribution in [0.1, 0.15) is 23.5 Å². The molecule has 108 valence electrons. The molecule has 4 heteroatoms. The Hall–Kier alpha value is -1.51. The van der Waals surface area contributed by atoms with Crippen LogP contribution in [-0.2, 0) is 11.2 Å². The summed E-state index contributed by atoms with van der Waals surface area (Å²) >= 11 is 11.8. The van der Waals surface area contributed by atoms with Gasteiger partial charge >= 0.3 is 0 Å². The van der Waals surface area contributed by atoms with Gasteiger partial charge in [0, 0.05) is 22.0 Å². The van der Waals surface area contributed by atoms with E-state index in [1.54, 1.807) is 12.1 Å². The molecule has 0 aliphatic heterocycles. The first-order valence-corrected chi connectivity index (χ1v) is 7.67. The van der Waals surface area contributed by atoms with E-state index >= 15 is 0 Å². The third-order valence-corrected chi connectivity index (χ3v) is 4.18. The molecule has 2 aromatic rings. The highest BCUT2D eigenvalue weighted by atomic mass is 35.5. The molecule has 2 atom stereocenters. The van der Waals surface area contributed by atoms with E-state index in [9.17, 15) is 4.79 Å². The lowest BCUT2D eigenvalue weighted by molar-refractivity contribution is -0.120. The third-order valence-electron chi connectivity index (χ3n) is 3.69. The molecule has 1 amide bonds. The zero-order chi connectivity index (χ0) is 14.8. The maximum absolute atomic E-state index is 12.0. The minimum Gasteiger partial charge on any atom is -0.352 e. The fraction of sp³-hybridized carbons (Fsp3) is 0.235. The first-order chi connectivity index (χ1) is 10.1. The van der Waals surface area contributed by atoms with Gasteiger partial charge in [0.05, 0.1) is 6.42 Å². The van der Waals surface area contributed by atoms with Crippen molar-refractivity contribution in [3.63, 3.8) is 0 Å². The molecule has 21 heavy (non-hydrogen) atoms. The monoisotopic (exact) mass is 319 g/mol. The largest absolute Gasteiger partial charge is 0.352 e. The van der Waals surface area contributed by atoms with Crippen LogP contribution in [0.4, 0.5) is 0 Å². The van der Waals surface area contributed by atoms with Crippen molar-refractivity contribution in [3.8, 4) is 0 Å². The molecule has 1 aliphatic carbocycles. The molecule has 0 spiro atoms. The Labute approximate surface area is 134 Å². The van der Waals surface area contributed by atoms with Crippen molar-refractivity contribution in [1.29, 1.82) is 0 Å². The average molecular weight is 320 g/mol. The second kappa shape index (κ2) is 6.08. The van der Waals surface area contributed by atoms with E-state index in [1.165, 1.54) is 5.56 Å². The van der Waals surface area contributed by atoms with Crippen molar-refractivity contribution in [2.24, 2.45) is 0 Å². The smallest absolute Gasteiger partial charge is 0.224 e. The van der Waals surface area contributed by atoms with Crippen LogP contribution in [0.5, 0.6) is 0 Å². The van der Waals surface area contributed by atoms with E-state index in [0.717, 1.165) is 17.0 Å². The molecular weight excluding hydrogens is 305 g/mol. The van der Waals surface area contributed by atoms with Gasteiger partial charge in [-0.05, 0) is 41.8 Å². The summed E-state index contributed by atoms with van der Waals surface area (Å²) in [6.07, 6.45) is 1.36. The number of halogens is 2. The van der Waals surface area contributed by atoms with Crippen LogP contribution in [0.15, 0.2) is 48.5 Å². The van der Waals surface area contributed by atoms with Crippen LogP contribution in [0, 0.1) is 0 Å². The molecule has 2 nitrogen and oxygen atoms in total. The SMILES string of the molecule is O=C(Cc1ccc(Cl)cc1)N[C@@H]1C[C@H]1c1cccc(Cl)c1. The van der Waals surface area contributed by atoms with E-state index in [0.29, 0.717) is 17.4 Å². The predicted octanol–water partition coefficient (Wildman–Crippen LogP) is 4.21. The molecule has 1 N–H and O–H groups in total. The third kappa shape index (κ3) is 3.78. The zero-order valence-corrected chi connectivity index (χ0v) is 12.9. The van der Waals surface area contributed by atoms with Gasteiger partial charge in [0.2, 0.25) is 5.91 Å². The molecule has 0 aromatic heterocycles. The zero-order valence-electron chi connectivity index (χ0n) is 11.4. The molecule has 0 unspecified atom stereocenters. The summed E-state index contributed by atoms with van der Waals surface area (Å²) in [5, 5.41) is 4.49. The molecule has 1 saturated carbocycles. The van der Waals surface area contributed by atoms with Crippen molar-refractivity contribution >= 4 is 29.1 Å². The average Bonchev–Trinajstić information content (AvgIpc) is 3.20. The van der Waals surface area contributed by atoms with E-state index in [2.05, 4.69) is 11.4 Å². The number of hydrogen-bond acceptors (Lipinski definition) is 1. The van der Waals surface area contributed by atoms with Gasteiger partial charge in [-0.3, -0.25) is 4.79 Å². The van der Waals surface area contributed by atoms with Gasteiger partial charge in [-0.25, -0.2) is 0 Å². The van der Waals surface area contributed by atoms with Crippen LogP contribution >= 0.6 is 23.2 Å². The van der Waals surface area contributed by atoms with Gasteiger partial charge < -0.3 is 5.32 Å². The number of hydrogen-bond donors (Lipinski definition) is 1. The Morgan fingerprint density at radius 3 is 2.57 bits per heavy atom. The lowest BCUT2D eigenvalue weighted by atomic mass is 10.1. The number of rotatable bonds is 4. The van der Waals surface area contributed by atoms with E-state index in [4.69, 9.17) is 23.2 Å². The lowest BCUT2D eigenvalue weighted by Gasteiger charge is -2.05. The van der Waals surface area contributed by atoms with Crippen molar-refractivity contribution in [1.82, 2.24) is 5.32 Å². The van der Waals surface area contributed by atoms with Crippen molar-refractivity contribution in [2.45, 2.75) is 24.8 Å². The van der Waals surface area contributed by atoms with Gasteiger partial charge in [-0.2, -0.15) is 0 Å². The molecule has 1 fully saturated rings. The minimum absolute atomic E-state index is 0.0480. The van der Waals surface area contributed by atoms with Crippen molar-refractivity contribution in [2.75, 3.05) is 0 Å². The quantitative estimate of drug-likeness (QED) is 0.898. The molecule has 0 radical (unpaired) electrons.